The van der Waals surface area contributed by atoms with E-state index in [2.05, 4.69) is 53.3 Å². The lowest BCUT2D eigenvalue weighted by atomic mass is 9.80. The Morgan fingerprint density at radius 1 is 1.33 bits per heavy atom. The van der Waals surface area contributed by atoms with Gasteiger partial charge in [0.2, 0.25) is 5.91 Å². The highest BCUT2D eigenvalue weighted by molar-refractivity contribution is 5.81. The molecule has 0 unspecified atom stereocenters. The highest BCUT2D eigenvalue weighted by atomic mass is 16.5. The van der Waals surface area contributed by atoms with Crippen molar-refractivity contribution in [3.8, 4) is 0 Å². The second-order valence-electron chi connectivity index (χ2n) is 7.93. The summed E-state index contributed by atoms with van der Waals surface area (Å²) in [7, 11) is 0. The topological polar surface area (TPSA) is 54.5 Å². The second-order valence-corrected chi connectivity index (χ2v) is 7.93. The normalized spacial score (nSPS) is 23.8. The Morgan fingerprint density at radius 2 is 2.19 bits per heavy atom. The van der Waals surface area contributed by atoms with Gasteiger partial charge in [-0.15, -0.1) is 0 Å². The number of amides is 1. The van der Waals surface area contributed by atoms with E-state index >= 15 is 0 Å². The molecule has 2 aliphatic rings. The second kappa shape index (κ2) is 7.31. The summed E-state index contributed by atoms with van der Waals surface area (Å²) in [5, 5.41) is 3.03. The first-order valence-electron chi connectivity index (χ1n) is 9.73. The maximum absolute atomic E-state index is 12.6. The van der Waals surface area contributed by atoms with Gasteiger partial charge in [-0.2, -0.15) is 0 Å². The van der Waals surface area contributed by atoms with Crippen LogP contribution in [0.3, 0.4) is 0 Å². The molecule has 3 heterocycles. The van der Waals surface area contributed by atoms with E-state index in [1.807, 2.05) is 18.3 Å². The van der Waals surface area contributed by atoms with E-state index < -0.39 is 0 Å². The molecule has 1 amide bonds. The number of nitrogens with zero attached hydrogens (tertiary/aromatic N) is 2. The Balaban J connectivity index is 1.40. The molecule has 1 saturated heterocycles. The number of hydrogen-bond donors (Lipinski definition) is 1. The summed E-state index contributed by atoms with van der Waals surface area (Å²) in [5.41, 5.74) is 3.66. The predicted octanol–water partition coefficient (Wildman–Crippen LogP) is 2.70. The lowest BCUT2D eigenvalue weighted by Gasteiger charge is -2.27. The minimum absolute atomic E-state index is 0.00348. The molecule has 1 fully saturated rings. The van der Waals surface area contributed by atoms with Gasteiger partial charge in [0.25, 0.3) is 0 Å². The number of para-hydroxylation sites is 1. The van der Waals surface area contributed by atoms with Crippen LogP contribution in [0.4, 0.5) is 5.69 Å². The van der Waals surface area contributed by atoms with Crippen LogP contribution in [0.1, 0.15) is 31.4 Å². The summed E-state index contributed by atoms with van der Waals surface area (Å²) in [6.07, 6.45) is 4.74. The summed E-state index contributed by atoms with van der Waals surface area (Å²) in [6.45, 7) is 6.56. The van der Waals surface area contributed by atoms with Gasteiger partial charge in [0.05, 0.1) is 6.61 Å². The van der Waals surface area contributed by atoms with Crippen molar-refractivity contribution >= 4 is 11.6 Å². The molecule has 2 atom stereocenters. The van der Waals surface area contributed by atoms with Crippen molar-refractivity contribution in [1.82, 2.24) is 10.3 Å². The van der Waals surface area contributed by atoms with Crippen LogP contribution in [0.5, 0.6) is 0 Å². The first-order valence-corrected chi connectivity index (χ1v) is 9.73. The van der Waals surface area contributed by atoms with Crippen LogP contribution >= 0.6 is 0 Å². The number of hydrogen-bond acceptors (Lipinski definition) is 4. The highest BCUT2D eigenvalue weighted by Gasteiger charge is 2.50. The van der Waals surface area contributed by atoms with Crippen molar-refractivity contribution in [1.29, 1.82) is 0 Å². The Labute approximate surface area is 160 Å². The van der Waals surface area contributed by atoms with E-state index in [1.165, 1.54) is 11.3 Å². The first kappa shape index (κ1) is 18.0. The number of ether oxygens (including phenoxy) is 1. The standard InChI is InChI=1S/C22H27N3O2/c1-16(2)25-14-22(18-7-3-4-8-19(18)25)12-20(27-15-22)21(26)24-11-9-17-6-5-10-23-13-17/h3-8,10,13,16,20H,9,11-12,14-15H2,1-2H3,(H,24,26)/t20-,22+/m1/s1. The molecule has 1 aromatic carbocycles. The van der Waals surface area contributed by atoms with E-state index in [-0.39, 0.29) is 17.4 Å². The van der Waals surface area contributed by atoms with Gasteiger partial charge in [0, 0.05) is 42.6 Å². The number of anilines is 1. The maximum atomic E-state index is 12.6. The molecule has 0 aliphatic carbocycles. The number of carbonyl (C=O) groups is 1. The quantitative estimate of drug-likeness (QED) is 0.885. The van der Waals surface area contributed by atoms with Crippen molar-refractivity contribution in [2.24, 2.45) is 0 Å². The van der Waals surface area contributed by atoms with Crippen molar-refractivity contribution in [2.45, 2.75) is 44.2 Å². The van der Waals surface area contributed by atoms with Crippen molar-refractivity contribution in [3.05, 3.63) is 59.9 Å². The lowest BCUT2D eigenvalue weighted by molar-refractivity contribution is -0.129. The smallest absolute Gasteiger partial charge is 0.249 e. The molecule has 0 radical (unpaired) electrons. The lowest BCUT2D eigenvalue weighted by Crippen LogP contribution is -2.39. The maximum Gasteiger partial charge on any atom is 0.249 e. The fourth-order valence-corrected chi connectivity index (χ4v) is 4.32. The molecule has 4 rings (SSSR count). The summed E-state index contributed by atoms with van der Waals surface area (Å²) in [6, 6.07) is 12.9. The first-order chi connectivity index (χ1) is 13.1. The van der Waals surface area contributed by atoms with Crippen LogP contribution in [0.25, 0.3) is 0 Å². The zero-order valence-corrected chi connectivity index (χ0v) is 16.0. The van der Waals surface area contributed by atoms with Crippen LogP contribution in [-0.2, 0) is 21.4 Å². The third kappa shape index (κ3) is 3.44. The van der Waals surface area contributed by atoms with Gasteiger partial charge in [-0.05, 0) is 49.9 Å². The third-order valence-electron chi connectivity index (χ3n) is 5.75. The van der Waals surface area contributed by atoms with E-state index in [1.54, 1.807) is 6.20 Å². The van der Waals surface area contributed by atoms with Crippen molar-refractivity contribution in [2.75, 3.05) is 24.6 Å². The van der Waals surface area contributed by atoms with Crippen LogP contribution in [-0.4, -0.2) is 42.7 Å². The van der Waals surface area contributed by atoms with Crippen LogP contribution in [0.15, 0.2) is 48.8 Å². The molecule has 2 aliphatic heterocycles. The number of aromatic nitrogens is 1. The van der Waals surface area contributed by atoms with Crippen LogP contribution in [0.2, 0.25) is 0 Å². The van der Waals surface area contributed by atoms with Crippen molar-refractivity contribution < 1.29 is 9.53 Å². The van der Waals surface area contributed by atoms with Crippen LogP contribution < -0.4 is 10.2 Å². The number of fused-ring (bicyclic) bond motifs is 2. The zero-order chi connectivity index (χ0) is 18.9. The van der Waals surface area contributed by atoms with E-state index in [0.29, 0.717) is 19.2 Å². The molecule has 2 aromatic rings. The van der Waals surface area contributed by atoms with E-state index in [0.717, 1.165) is 24.9 Å². The van der Waals surface area contributed by atoms with Gasteiger partial charge in [0.15, 0.2) is 0 Å². The summed E-state index contributed by atoms with van der Waals surface area (Å²) < 4.78 is 5.99. The molecule has 0 saturated carbocycles. The van der Waals surface area contributed by atoms with Gasteiger partial charge in [-0.3, -0.25) is 9.78 Å². The molecule has 142 valence electrons. The predicted molar refractivity (Wildman–Crippen MR) is 106 cm³/mol. The summed E-state index contributed by atoms with van der Waals surface area (Å²) >= 11 is 0. The molecule has 27 heavy (non-hydrogen) atoms. The summed E-state index contributed by atoms with van der Waals surface area (Å²) in [5.74, 6) is -0.00348. The zero-order valence-electron chi connectivity index (χ0n) is 16.0. The highest BCUT2D eigenvalue weighted by Crippen LogP contribution is 2.47. The molecule has 1 N–H and O–H groups in total. The average molecular weight is 365 g/mol. The van der Waals surface area contributed by atoms with E-state index in [9.17, 15) is 4.79 Å². The Kier molecular flexibility index (Phi) is 4.87. The van der Waals surface area contributed by atoms with Gasteiger partial charge in [-0.1, -0.05) is 24.3 Å². The summed E-state index contributed by atoms with van der Waals surface area (Å²) in [4.78, 5) is 19.2. The SMILES string of the molecule is CC(C)N1C[C@@]2(CO[C@@H](C(=O)NCCc3cccnc3)C2)c2ccccc21. The number of benzene rings is 1. The molecule has 5 nitrogen and oxygen atoms in total. The molecular formula is C22H27N3O2. The largest absolute Gasteiger partial charge is 0.368 e. The minimum Gasteiger partial charge on any atom is -0.368 e. The fourth-order valence-electron chi connectivity index (χ4n) is 4.32. The Morgan fingerprint density at radius 3 is 2.96 bits per heavy atom. The monoisotopic (exact) mass is 365 g/mol. The average Bonchev–Trinajstić information content (AvgIpc) is 3.26. The fraction of sp³-hybridized carbons (Fsp3) is 0.455. The van der Waals surface area contributed by atoms with Gasteiger partial charge >= 0.3 is 0 Å². The van der Waals surface area contributed by atoms with Crippen molar-refractivity contribution in [3.63, 3.8) is 0 Å². The van der Waals surface area contributed by atoms with Gasteiger partial charge in [-0.25, -0.2) is 0 Å². The number of rotatable bonds is 5. The van der Waals surface area contributed by atoms with E-state index in [4.69, 9.17) is 4.74 Å². The number of pyridine rings is 1. The molecule has 1 aromatic heterocycles. The van der Waals surface area contributed by atoms with Gasteiger partial charge < -0.3 is 15.0 Å². The molecule has 5 heteroatoms. The molecule has 0 bridgehead atoms. The Hall–Kier alpha value is -2.40. The molecule has 1 spiro atoms. The Bertz CT molecular complexity index is 808. The third-order valence-corrected chi connectivity index (χ3v) is 5.75. The molecular weight excluding hydrogens is 338 g/mol. The van der Waals surface area contributed by atoms with Crippen LogP contribution in [0, 0.1) is 0 Å². The number of carbonyl (C=O) groups excluding carboxylic acids is 1. The minimum atomic E-state index is -0.376. The van der Waals surface area contributed by atoms with Gasteiger partial charge in [0.1, 0.15) is 6.10 Å². The number of nitrogens with one attached hydrogen (secondary N) is 1.